The van der Waals surface area contributed by atoms with Gasteiger partial charge in [0, 0.05) is 5.92 Å². The number of rotatable bonds is 9. The van der Waals surface area contributed by atoms with Gasteiger partial charge in [-0.2, -0.15) is 11.8 Å². The van der Waals surface area contributed by atoms with Crippen LogP contribution in [0.4, 0.5) is 0 Å². The van der Waals surface area contributed by atoms with E-state index in [1.807, 2.05) is 18.7 Å². The smallest absolute Gasteiger partial charge is 0.126 e. The molecule has 0 saturated heterocycles. The fourth-order valence-corrected chi connectivity index (χ4v) is 2.84. The van der Waals surface area contributed by atoms with E-state index in [1.54, 1.807) is 6.92 Å². The predicted octanol–water partition coefficient (Wildman–Crippen LogP) is 4.66. The van der Waals surface area contributed by atoms with Gasteiger partial charge in [-0.05, 0) is 37.3 Å². The monoisotopic (exact) mass is 282 g/mol. The summed E-state index contributed by atoms with van der Waals surface area (Å²) in [6.45, 7) is 11.7. The Kier molecular flexibility index (Phi) is 10.2. The zero-order chi connectivity index (χ0) is 14.7. The van der Waals surface area contributed by atoms with Crippen molar-refractivity contribution < 1.29 is 5.11 Å². The first-order valence-electron chi connectivity index (χ1n) is 7.39. The molecule has 0 aliphatic heterocycles. The van der Waals surface area contributed by atoms with E-state index in [0.29, 0.717) is 0 Å². The standard InChI is InChI=1S/C17H30OS/c1-6-7-8-9-10-13-19-14-16(4)17(5,18)12-11-15(2)3/h16,18H,2,6-10,13-14H2,1,3-5H3. The summed E-state index contributed by atoms with van der Waals surface area (Å²) in [5.41, 5.74) is -0.107. The van der Waals surface area contributed by atoms with E-state index in [0.717, 1.165) is 11.3 Å². The summed E-state index contributed by atoms with van der Waals surface area (Å²) >= 11 is 1.93. The highest BCUT2D eigenvalue weighted by Gasteiger charge is 2.25. The lowest BCUT2D eigenvalue weighted by molar-refractivity contribution is 0.0747. The molecule has 0 aromatic heterocycles. The minimum absolute atomic E-state index is 0.181. The molecule has 0 aliphatic carbocycles. The molecule has 0 aliphatic rings. The predicted molar refractivity (Wildman–Crippen MR) is 88.5 cm³/mol. The Labute approximate surface area is 124 Å². The maximum atomic E-state index is 10.3. The Morgan fingerprint density at radius 2 is 1.95 bits per heavy atom. The lowest BCUT2D eigenvalue weighted by Gasteiger charge is -2.24. The second-order valence-corrected chi connectivity index (χ2v) is 6.72. The average molecular weight is 282 g/mol. The molecule has 0 bridgehead atoms. The average Bonchev–Trinajstić information content (AvgIpc) is 2.35. The molecule has 1 nitrogen and oxygen atoms in total. The van der Waals surface area contributed by atoms with E-state index in [9.17, 15) is 5.11 Å². The molecule has 0 fully saturated rings. The Bertz CT molecular complexity index is 309. The van der Waals surface area contributed by atoms with Crippen molar-refractivity contribution in [3.63, 3.8) is 0 Å². The van der Waals surface area contributed by atoms with Crippen LogP contribution >= 0.6 is 11.8 Å². The molecular formula is C17H30OS. The first-order chi connectivity index (χ1) is 8.90. The maximum absolute atomic E-state index is 10.3. The number of thioether (sulfide) groups is 1. The SMILES string of the molecule is C=C(C)C#CC(C)(O)C(C)CSCCCCCCC. The normalized spacial score (nSPS) is 15.2. The maximum Gasteiger partial charge on any atom is 0.126 e. The van der Waals surface area contributed by atoms with Gasteiger partial charge >= 0.3 is 0 Å². The topological polar surface area (TPSA) is 20.2 Å². The van der Waals surface area contributed by atoms with Gasteiger partial charge in [0.05, 0.1) is 0 Å². The van der Waals surface area contributed by atoms with Crippen LogP contribution in [0.25, 0.3) is 0 Å². The minimum Gasteiger partial charge on any atom is -0.378 e. The van der Waals surface area contributed by atoms with E-state index < -0.39 is 5.60 Å². The van der Waals surface area contributed by atoms with Gasteiger partial charge in [-0.3, -0.25) is 0 Å². The summed E-state index contributed by atoms with van der Waals surface area (Å²) in [6, 6.07) is 0. The molecule has 2 heteroatoms. The second-order valence-electron chi connectivity index (χ2n) is 5.57. The highest BCUT2D eigenvalue weighted by atomic mass is 32.2. The number of aliphatic hydroxyl groups is 1. The van der Waals surface area contributed by atoms with Gasteiger partial charge in [0.2, 0.25) is 0 Å². The number of unbranched alkanes of at least 4 members (excludes halogenated alkanes) is 4. The molecule has 0 saturated carbocycles. The van der Waals surface area contributed by atoms with Crippen molar-refractivity contribution in [2.24, 2.45) is 5.92 Å². The highest BCUT2D eigenvalue weighted by molar-refractivity contribution is 7.99. The van der Waals surface area contributed by atoms with Crippen LogP contribution in [0.2, 0.25) is 0 Å². The molecule has 0 heterocycles. The van der Waals surface area contributed by atoms with Crippen LogP contribution in [0, 0.1) is 17.8 Å². The summed E-state index contributed by atoms with van der Waals surface area (Å²) in [4.78, 5) is 0. The Balaban J connectivity index is 3.82. The Morgan fingerprint density at radius 1 is 1.32 bits per heavy atom. The number of allylic oxidation sites excluding steroid dienone is 1. The zero-order valence-electron chi connectivity index (χ0n) is 13.1. The fourth-order valence-electron chi connectivity index (χ4n) is 1.59. The molecular weight excluding hydrogens is 252 g/mol. The van der Waals surface area contributed by atoms with Gasteiger partial charge < -0.3 is 5.11 Å². The van der Waals surface area contributed by atoms with Crippen LogP contribution in [-0.4, -0.2) is 22.2 Å². The second kappa shape index (κ2) is 10.4. The van der Waals surface area contributed by atoms with Gasteiger partial charge in [0.25, 0.3) is 0 Å². The van der Waals surface area contributed by atoms with Crippen molar-refractivity contribution in [1.29, 1.82) is 0 Å². The fraction of sp³-hybridized carbons (Fsp3) is 0.765. The van der Waals surface area contributed by atoms with Crippen molar-refractivity contribution >= 4 is 11.8 Å². The first-order valence-corrected chi connectivity index (χ1v) is 8.54. The van der Waals surface area contributed by atoms with Crippen LogP contribution in [0.3, 0.4) is 0 Å². The largest absolute Gasteiger partial charge is 0.378 e. The molecule has 0 amide bonds. The minimum atomic E-state index is -0.909. The summed E-state index contributed by atoms with van der Waals surface area (Å²) in [5, 5.41) is 10.3. The quantitative estimate of drug-likeness (QED) is 0.490. The number of hydrogen-bond donors (Lipinski definition) is 1. The van der Waals surface area contributed by atoms with E-state index in [4.69, 9.17) is 0 Å². The van der Waals surface area contributed by atoms with Crippen molar-refractivity contribution in [3.05, 3.63) is 12.2 Å². The van der Waals surface area contributed by atoms with E-state index in [2.05, 4.69) is 32.3 Å². The third-order valence-corrected chi connectivity index (χ3v) is 4.56. The van der Waals surface area contributed by atoms with Crippen molar-refractivity contribution in [1.82, 2.24) is 0 Å². The lowest BCUT2D eigenvalue weighted by Crippen LogP contribution is -2.32. The highest BCUT2D eigenvalue weighted by Crippen LogP contribution is 2.21. The summed E-state index contributed by atoms with van der Waals surface area (Å²) < 4.78 is 0. The van der Waals surface area contributed by atoms with E-state index >= 15 is 0 Å². The van der Waals surface area contributed by atoms with E-state index in [1.165, 1.54) is 37.9 Å². The van der Waals surface area contributed by atoms with Crippen LogP contribution in [0.15, 0.2) is 12.2 Å². The van der Waals surface area contributed by atoms with Crippen LogP contribution in [0.1, 0.15) is 59.8 Å². The summed E-state index contributed by atoms with van der Waals surface area (Å²) in [5.74, 6) is 8.14. The molecule has 0 aromatic carbocycles. The van der Waals surface area contributed by atoms with Gasteiger partial charge in [-0.1, -0.05) is 58.0 Å². The summed E-state index contributed by atoms with van der Waals surface area (Å²) in [7, 11) is 0. The van der Waals surface area contributed by atoms with Crippen LogP contribution < -0.4 is 0 Å². The molecule has 110 valence electrons. The van der Waals surface area contributed by atoms with Crippen LogP contribution in [-0.2, 0) is 0 Å². The lowest BCUT2D eigenvalue weighted by atomic mass is 9.93. The van der Waals surface area contributed by atoms with Crippen LogP contribution in [0.5, 0.6) is 0 Å². The van der Waals surface area contributed by atoms with E-state index in [-0.39, 0.29) is 5.92 Å². The molecule has 0 radical (unpaired) electrons. The third kappa shape index (κ3) is 10.1. The third-order valence-electron chi connectivity index (χ3n) is 3.25. The molecule has 2 atom stereocenters. The van der Waals surface area contributed by atoms with Crippen molar-refractivity contribution in [2.45, 2.75) is 65.4 Å². The van der Waals surface area contributed by atoms with Gasteiger partial charge in [0.15, 0.2) is 0 Å². The van der Waals surface area contributed by atoms with Crippen molar-refractivity contribution in [3.8, 4) is 11.8 Å². The molecule has 0 spiro atoms. The molecule has 2 unspecified atom stereocenters. The zero-order valence-corrected chi connectivity index (χ0v) is 13.9. The van der Waals surface area contributed by atoms with Gasteiger partial charge in [-0.25, -0.2) is 0 Å². The number of hydrogen-bond acceptors (Lipinski definition) is 2. The summed E-state index contributed by atoms with van der Waals surface area (Å²) in [6.07, 6.45) is 6.63. The van der Waals surface area contributed by atoms with Gasteiger partial charge in [0.1, 0.15) is 5.60 Å². The Morgan fingerprint density at radius 3 is 2.53 bits per heavy atom. The Hall–Kier alpha value is -0.390. The molecule has 1 N–H and O–H groups in total. The molecule has 19 heavy (non-hydrogen) atoms. The molecule has 0 aromatic rings. The first kappa shape index (κ1) is 18.6. The van der Waals surface area contributed by atoms with Crippen molar-refractivity contribution in [2.75, 3.05) is 11.5 Å². The molecule has 0 rings (SSSR count). The van der Waals surface area contributed by atoms with Gasteiger partial charge in [-0.15, -0.1) is 0 Å².